The number of nitrogens with zero attached hydrogens (tertiary/aromatic N) is 2. The van der Waals surface area contributed by atoms with E-state index in [0.29, 0.717) is 11.0 Å². The number of hydrogen-bond acceptors (Lipinski definition) is 4. The molecular formula is C12H14BClN2O2. The molecule has 1 aromatic heterocycles. The average Bonchev–Trinajstić information content (AvgIpc) is 2.49. The summed E-state index contributed by atoms with van der Waals surface area (Å²) in [5, 5.41) is 9.13. The minimum atomic E-state index is -0.521. The second kappa shape index (κ2) is 4.23. The molecule has 94 valence electrons. The molecule has 0 aromatic carbocycles. The third kappa shape index (κ3) is 2.12. The first-order valence-corrected chi connectivity index (χ1v) is 6.06. The minimum Gasteiger partial charge on any atom is -0.399 e. The van der Waals surface area contributed by atoms with Crippen LogP contribution in [0.1, 0.15) is 33.3 Å². The summed E-state index contributed by atoms with van der Waals surface area (Å²) >= 11 is 5.80. The van der Waals surface area contributed by atoms with Crippen LogP contribution in [0.25, 0.3) is 0 Å². The standard InChI is InChI=1S/C12H14BClN2O2/c1-11(2)12(3,4)18-13(17-11)9-5-8(6-15)10(14)16-7-9/h5,7H,1-4H3. The molecule has 0 spiro atoms. The van der Waals surface area contributed by atoms with Gasteiger partial charge in [0.15, 0.2) is 0 Å². The van der Waals surface area contributed by atoms with Crippen molar-refractivity contribution in [3.63, 3.8) is 0 Å². The first kappa shape index (κ1) is 13.3. The Hall–Kier alpha value is -1.09. The molecule has 0 unspecified atom stereocenters. The summed E-state index contributed by atoms with van der Waals surface area (Å²) in [5.41, 5.74) is 0.201. The molecule has 1 saturated heterocycles. The van der Waals surface area contributed by atoms with E-state index in [9.17, 15) is 0 Å². The zero-order chi connectivity index (χ0) is 13.6. The van der Waals surface area contributed by atoms with Gasteiger partial charge in [-0.1, -0.05) is 11.6 Å². The Kier molecular flexibility index (Phi) is 3.14. The van der Waals surface area contributed by atoms with E-state index in [-0.39, 0.29) is 5.15 Å². The van der Waals surface area contributed by atoms with E-state index in [1.165, 1.54) is 0 Å². The van der Waals surface area contributed by atoms with Gasteiger partial charge in [-0.15, -0.1) is 0 Å². The summed E-state index contributed by atoms with van der Waals surface area (Å²) in [6, 6.07) is 3.65. The van der Waals surface area contributed by atoms with Crippen LogP contribution in [-0.2, 0) is 9.31 Å². The van der Waals surface area contributed by atoms with Crippen molar-refractivity contribution in [2.75, 3.05) is 0 Å². The third-order valence-electron chi connectivity index (χ3n) is 3.51. The molecule has 1 fully saturated rings. The van der Waals surface area contributed by atoms with Crippen LogP contribution in [0.5, 0.6) is 0 Å². The van der Waals surface area contributed by atoms with E-state index in [4.69, 9.17) is 26.2 Å². The van der Waals surface area contributed by atoms with Crippen molar-refractivity contribution < 1.29 is 9.31 Å². The lowest BCUT2D eigenvalue weighted by molar-refractivity contribution is 0.00578. The van der Waals surface area contributed by atoms with Gasteiger partial charge in [-0.3, -0.25) is 0 Å². The molecule has 2 rings (SSSR count). The smallest absolute Gasteiger partial charge is 0.399 e. The van der Waals surface area contributed by atoms with Gasteiger partial charge in [0.25, 0.3) is 0 Å². The molecule has 2 heterocycles. The van der Waals surface area contributed by atoms with Crippen LogP contribution in [0.15, 0.2) is 12.3 Å². The fourth-order valence-electron chi connectivity index (χ4n) is 1.65. The third-order valence-corrected chi connectivity index (χ3v) is 3.81. The van der Waals surface area contributed by atoms with E-state index >= 15 is 0 Å². The topological polar surface area (TPSA) is 55.1 Å². The average molecular weight is 265 g/mol. The maximum absolute atomic E-state index is 8.93. The predicted octanol–water partition coefficient (Wildman–Crippen LogP) is 1.91. The minimum absolute atomic E-state index is 0.192. The van der Waals surface area contributed by atoms with Crippen molar-refractivity contribution in [3.05, 3.63) is 23.0 Å². The molecule has 1 aliphatic rings. The SMILES string of the molecule is CC1(C)OB(c2cnc(Cl)c(C#N)c2)OC1(C)C. The van der Waals surface area contributed by atoms with Crippen molar-refractivity contribution in [3.8, 4) is 6.07 Å². The summed E-state index contributed by atoms with van der Waals surface area (Å²) in [4.78, 5) is 3.97. The van der Waals surface area contributed by atoms with Crippen LogP contribution < -0.4 is 5.46 Å². The van der Waals surface area contributed by atoms with Gasteiger partial charge in [0.1, 0.15) is 11.2 Å². The highest BCUT2D eigenvalue weighted by atomic mass is 35.5. The first-order valence-electron chi connectivity index (χ1n) is 5.68. The van der Waals surface area contributed by atoms with Crippen LogP contribution >= 0.6 is 11.6 Å². The number of rotatable bonds is 1. The van der Waals surface area contributed by atoms with E-state index in [1.54, 1.807) is 12.3 Å². The fourth-order valence-corrected chi connectivity index (χ4v) is 1.80. The maximum Gasteiger partial charge on any atom is 0.496 e. The molecule has 0 atom stereocenters. The highest BCUT2D eigenvalue weighted by Gasteiger charge is 2.51. The van der Waals surface area contributed by atoms with Crippen LogP contribution in [0, 0.1) is 11.3 Å². The highest BCUT2D eigenvalue weighted by Crippen LogP contribution is 2.36. The van der Waals surface area contributed by atoms with Crippen LogP contribution in [-0.4, -0.2) is 23.3 Å². The lowest BCUT2D eigenvalue weighted by atomic mass is 9.80. The Morgan fingerprint density at radius 2 is 1.83 bits per heavy atom. The van der Waals surface area contributed by atoms with Crippen molar-refractivity contribution >= 4 is 24.2 Å². The van der Waals surface area contributed by atoms with Crippen molar-refractivity contribution in [1.82, 2.24) is 4.98 Å². The molecule has 0 radical (unpaired) electrons. The van der Waals surface area contributed by atoms with Crippen LogP contribution in [0.2, 0.25) is 5.15 Å². The van der Waals surface area contributed by atoms with E-state index in [2.05, 4.69) is 4.98 Å². The zero-order valence-electron chi connectivity index (χ0n) is 10.8. The number of nitriles is 1. The van der Waals surface area contributed by atoms with Crippen LogP contribution in [0.3, 0.4) is 0 Å². The molecule has 4 nitrogen and oxygen atoms in total. The molecule has 0 saturated carbocycles. The number of pyridine rings is 1. The van der Waals surface area contributed by atoms with E-state index in [0.717, 1.165) is 0 Å². The first-order chi connectivity index (χ1) is 8.27. The molecule has 18 heavy (non-hydrogen) atoms. The molecule has 0 N–H and O–H groups in total. The zero-order valence-corrected chi connectivity index (χ0v) is 11.6. The Labute approximate surface area is 112 Å². The Balaban J connectivity index is 2.33. The molecule has 0 aliphatic carbocycles. The predicted molar refractivity (Wildman–Crippen MR) is 69.7 cm³/mol. The van der Waals surface area contributed by atoms with Gasteiger partial charge in [-0.2, -0.15) is 5.26 Å². The largest absolute Gasteiger partial charge is 0.496 e. The van der Waals surface area contributed by atoms with Crippen molar-refractivity contribution in [2.24, 2.45) is 0 Å². The number of hydrogen-bond donors (Lipinski definition) is 0. The molecule has 1 aliphatic heterocycles. The maximum atomic E-state index is 8.93. The van der Waals surface area contributed by atoms with E-state index < -0.39 is 18.3 Å². The van der Waals surface area contributed by atoms with Gasteiger partial charge in [-0.05, 0) is 33.8 Å². The summed E-state index contributed by atoms with van der Waals surface area (Å²) in [7, 11) is -0.521. The summed E-state index contributed by atoms with van der Waals surface area (Å²) < 4.78 is 11.7. The molecule has 6 heteroatoms. The van der Waals surface area contributed by atoms with Gasteiger partial charge >= 0.3 is 7.12 Å². The lowest BCUT2D eigenvalue weighted by Crippen LogP contribution is -2.41. The second-order valence-corrected chi connectivity index (χ2v) is 5.67. The molecule has 0 amide bonds. The number of aromatic nitrogens is 1. The number of halogens is 1. The quantitative estimate of drug-likeness (QED) is 0.574. The Bertz CT molecular complexity index is 509. The van der Waals surface area contributed by atoms with Crippen LogP contribution in [0.4, 0.5) is 0 Å². The Morgan fingerprint density at radius 3 is 2.33 bits per heavy atom. The van der Waals surface area contributed by atoms with Gasteiger partial charge in [0.05, 0.1) is 16.8 Å². The molecular weight excluding hydrogens is 250 g/mol. The van der Waals surface area contributed by atoms with Crippen molar-refractivity contribution in [2.45, 2.75) is 38.9 Å². The fraction of sp³-hybridized carbons (Fsp3) is 0.500. The summed E-state index contributed by atoms with van der Waals surface area (Å²) in [5.74, 6) is 0. The van der Waals surface area contributed by atoms with Gasteiger partial charge in [-0.25, -0.2) is 4.98 Å². The normalized spacial score (nSPS) is 20.8. The molecule has 0 bridgehead atoms. The van der Waals surface area contributed by atoms with Gasteiger partial charge in [0.2, 0.25) is 0 Å². The lowest BCUT2D eigenvalue weighted by Gasteiger charge is -2.32. The molecule has 1 aromatic rings. The summed E-state index contributed by atoms with van der Waals surface area (Å²) in [6.45, 7) is 7.90. The van der Waals surface area contributed by atoms with Gasteiger partial charge in [0, 0.05) is 11.7 Å². The van der Waals surface area contributed by atoms with Gasteiger partial charge < -0.3 is 9.31 Å². The Morgan fingerprint density at radius 1 is 1.28 bits per heavy atom. The summed E-state index contributed by atoms with van der Waals surface area (Å²) in [6.07, 6.45) is 1.57. The highest BCUT2D eigenvalue weighted by molar-refractivity contribution is 6.62. The van der Waals surface area contributed by atoms with Crippen molar-refractivity contribution in [1.29, 1.82) is 5.26 Å². The second-order valence-electron chi connectivity index (χ2n) is 5.31. The van der Waals surface area contributed by atoms with E-state index in [1.807, 2.05) is 33.8 Å². The monoisotopic (exact) mass is 264 g/mol.